The van der Waals surface area contributed by atoms with Gasteiger partial charge in [-0.15, -0.1) is 0 Å². The molecule has 1 N–H and O–H groups in total. The van der Waals surface area contributed by atoms with Crippen molar-refractivity contribution >= 4 is 55.2 Å². The van der Waals surface area contributed by atoms with Gasteiger partial charge in [0.25, 0.3) is 0 Å². The number of hydrogen-bond acceptors (Lipinski definition) is 3. The Labute approximate surface area is 191 Å². The molecule has 0 bridgehead atoms. The Kier molecular flexibility index (Phi) is 6.63. The summed E-state index contributed by atoms with van der Waals surface area (Å²) in [6.45, 7) is 3.28. The van der Waals surface area contributed by atoms with E-state index in [1.165, 1.54) is 13.8 Å². The number of aromatic nitrogens is 4. The summed E-state index contributed by atoms with van der Waals surface area (Å²) in [7, 11) is 0. The van der Waals surface area contributed by atoms with Crippen molar-refractivity contribution in [2.75, 3.05) is 5.32 Å². The second-order valence-electron chi connectivity index (χ2n) is 6.47. The highest BCUT2D eigenvalue weighted by Gasteiger charge is 2.39. The molecule has 0 fully saturated rings. The average molecular weight is 570 g/mol. The van der Waals surface area contributed by atoms with Crippen LogP contribution in [-0.2, 0) is 17.5 Å². The van der Waals surface area contributed by atoms with Crippen LogP contribution in [0.4, 0.5) is 19.0 Å². The molecule has 0 aliphatic rings. The highest BCUT2D eigenvalue weighted by molar-refractivity contribution is 9.11. The van der Waals surface area contributed by atoms with E-state index >= 15 is 0 Å². The van der Waals surface area contributed by atoms with Crippen LogP contribution in [0.2, 0.25) is 5.02 Å². The van der Waals surface area contributed by atoms with Gasteiger partial charge in [0.15, 0.2) is 11.5 Å². The molecule has 2 aromatic heterocycles. The minimum absolute atomic E-state index is 0.188. The summed E-state index contributed by atoms with van der Waals surface area (Å²) >= 11 is 12.4. The van der Waals surface area contributed by atoms with Gasteiger partial charge < -0.3 is 5.32 Å². The smallest absolute Gasteiger partial charge is 0.306 e. The molecule has 6 nitrogen and oxygen atoms in total. The Morgan fingerprint density at radius 3 is 2.53 bits per heavy atom. The van der Waals surface area contributed by atoms with Crippen LogP contribution in [0.15, 0.2) is 39.4 Å². The van der Waals surface area contributed by atoms with Gasteiger partial charge in [-0.05, 0) is 57.3 Å². The average Bonchev–Trinajstić information content (AvgIpc) is 3.16. The van der Waals surface area contributed by atoms with Crippen molar-refractivity contribution in [2.24, 2.45) is 0 Å². The summed E-state index contributed by atoms with van der Waals surface area (Å²) in [5, 5.41) is 11.1. The molecule has 1 unspecified atom stereocenters. The lowest BCUT2D eigenvalue weighted by atomic mass is 10.2. The van der Waals surface area contributed by atoms with Crippen LogP contribution in [0, 0.1) is 6.92 Å². The van der Waals surface area contributed by atoms with Crippen LogP contribution in [0.1, 0.15) is 29.9 Å². The van der Waals surface area contributed by atoms with Crippen LogP contribution in [0.3, 0.4) is 0 Å². The van der Waals surface area contributed by atoms with Crippen LogP contribution in [-0.4, -0.2) is 25.5 Å². The van der Waals surface area contributed by atoms with Crippen LogP contribution >= 0.6 is 43.5 Å². The standard InChI is InChI=1S/C18H15Br2ClF3N5O/c1-9-14(20)15(18(22,23)24)26-29(9)10(2)17(30)25-16-12(19)8-28(27-16)7-11-5-3-4-6-13(11)21/h3-6,8,10H,7H2,1-2H3,(H,25,27,30). The summed E-state index contributed by atoms with van der Waals surface area (Å²) < 4.78 is 42.2. The third-order valence-electron chi connectivity index (χ3n) is 4.34. The summed E-state index contributed by atoms with van der Waals surface area (Å²) in [4.78, 5) is 12.6. The maximum absolute atomic E-state index is 13.1. The van der Waals surface area contributed by atoms with E-state index in [1.54, 1.807) is 16.9 Å². The molecule has 12 heteroatoms. The lowest BCUT2D eigenvalue weighted by Crippen LogP contribution is -2.26. The number of nitrogens with one attached hydrogen (secondary N) is 1. The molecule has 1 atom stereocenters. The van der Waals surface area contributed by atoms with E-state index < -0.39 is 23.8 Å². The highest BCUT2D eigenvalue weighted by Crippen LogP contribution is 2.36. The molecule has 1 aromatic carbocycles. The molecule has 3 aromatic rings. The Morgan fingerprint density at radius 2 is 1.93 bits per heavy atom. The molecule has 0 aliphatic heterocycles. The number of hydrogen-bond donors (Lipinski definition) is 1. The number of carbonyl (C=O) groups excluding carboxylic acids is 1. The zero-order valence-corrected chi connectivity index (χ0v) is 19.6. The molecule has 2 heterocycles. The third-order valence-corrected chi connectivity index (χ3v) is 6.24. The molecule has 0 saturated heterocycles. The summed E-state index contributed by atoms with van der Waals surface area (Å²) in [6, 6.07) is 6.29. The van der Waals surface area contributed by atoms with E-state index in [2.05, 4.69) is 47.4 Å². The number of benzene rings is 1. The zero-order chi connectivity index (χ0) is 22.2. The highest BCUT2D eigenvalue weighted by atomic mass is 79.9. The maximum Gasteiger partial charge on any atom is 0.436 e. The second kappa shape index (κ2) is 8.72. The maximum atomic E-state index is 13.1. The number of halogens is 6. The SMILES string of the molecule is Cc1c(Br)c(C(F)(F)F)nn1C(C)C(=O)Nc1nn(Cc2ccccc2Cl)cc1Br. The topological polar surface area (TPSA) is 64.7 Å². The first kappa shape index (κ1) is 22.8. The molecule has 160 valence electrons. The van der Waals surface area contributed by atoms with Gasteiger partial charge in [-0.25, -0.2) is 0 Å². The largest absolute Gasteiger partial charge is 0.436 e. The molecule has 30 heavy (non-hydrogen) atoms. The molecular formula is C18H15Br2ClF3N5O. The molecule has 0 spiro atoms. The number of carbonyl (C=O) groups is 1. The van der Waals surface area contributed by atoms with Crippen molar-refractivity contribution in [3.63, 3.8) is 0 Å². The first-order valence-electron chi connectivity index (χ1n) is 8.58. The number of amides is 1. The predicted molar refractivity (Wildman–Crippen MR) is 113 cm³/mol. The van der Waals surface area contributed by atoms with Crippen LogP contribution in [0.5, 0.6) is 0 Å². The van der Waals surface area contributed by atoms with E-state index in [4.69, 9.17) is 11.6 Å². The van der Waals surface area contributed by atoms with Gasteiger partial charge in [0, 0.05) is 11.2 Å². The van der Waals surface area contributed by atoms with E-state index in [9.17, 15) is 18.0 Å². The second-order valence-corrected chi connectivity index (χ2v) is 8.52. The zero-order valence-electron chi connectivity index (χ0n) is 15.6. The van der Waals surface area contributed by atoms with Crippen molar-refractivity contribution in [3.05, 3.63) is 61.4 Å². The van der Waals surface area contributed by atoms with Gasteiger partial charge in [0.1, 0.15) is 6.04 Å². The fourth-order valence-corrected chi connectivity index (χ4v) is 3.85. The van der Waals surface area contributed by atoms with Gasteiger partial charge >= 0.3 is 6.18 Å². The first-order valence-corrected chi connectivity index (χ1v) is 10.5. The van der Waals surface area contributed by atoms with Gasteiger partial charge in [-0.2, -0.15) is 23.4 Å². The Bertz CT molecular complexity index is 1100. The molecule has 0 radical (unpaired) electrons. The molecule has 1 amide bonds. The Balaban J connectivity index is 1.78. The van der Waals surface area contributed by atoms with Crippen molar-refractivity contribution < 1.29 is 18.0 Å². The van der Waals surface area contributed by atoms with E-state index in [-0.39, 0.29) is 16.0 Å². The normalized spacial score (nSPS) is 12.8. The molecule has 0 saturated carbocycles. The van der Waals surface area contributed by atoms with Crippen LogP contribution in [0.25, 0.3) is 0 Å². The monoisotopic (exact) mass is 567 g/mol. The molecular weight excluding hydrogens is 554 g/mol. The lowest BCUT2D eigenvalue weighted by molar-refractivity contribution is -0.142. The number of rotatable bonds is 5. The fraction of sp³-hybridized carbons (Fsp3) is 0.278. The Hall–Kier alpha value is -1.85. The van der Waals surface area contributed by atoms with Gasteiger partial charge in [0.05, 0.1) is 21.2 Å². The Morgan fingerprint density at radius 1 is 1.27 bits per heavy atom. The van der Waals surface area contributed by atoms with Gasteiger partial charge in [-0.3, -0.25) is 14.2 Å². The summed E-state index contributed by atoms with van der Waals surface area (Å²) in [5.74, 6) is -0.329. The van der Waals surface area contributed by atoms with E-state index in [0.717, 1.165) is 10.2 Å². The van der Waals surface area contributed by atoms with Gasteiger partial charge in [-0.1, -0.05) is 29.8 Å². The van der Waals surface area contributed by atoms with Crippen molar-refractivity contribution in [3.8, 4) is 0 Å². The van der Waals surface area contributed by atoms with Crippen molar-refractivity contribution in [2.45, 2.75) is 32.6 Å². The minimum atomic E-state index is -4.63. The molecule has 3 rings (SSSR count). The minimum Gasteiger partial charge on any atom is -0.306 e. The lowest BCUT2D eigenvalue weighted by Gasteiger charge is -2.13. The van der Waals surface area contributed by atoms with Crippen LogP contribution < -0.4 is 5.32 Å². The third kappa shape index (κ3) is 4.73. The van der Waals surface area contributed by atoms with Gasteiger partial charge in [0.2, 0.25) is 5.91 Å². The predicted octanol–water partition coefficient (Wildman–Crippen LogP) is 5.83. The fourth-order valence-electron chi connectivity index (χ4n) is 2.75. The number of alkyl halides is 3. The van der Waals surface area contributed by atoms with E-state index in [0.29, 0.717) is 16.0 Å². The first-order chi connectivity index (χ1) is 14.0. The summed E-state index contributed by atoms with van der Waals surface area (Å²) in [6.07, 6.45) is -2.97. The number of anilines is 1. The van der Waals surface area contributed by atoms with E-state index in [1.807, 2.05) is 18.2 Å². The quantitative estimate of drug-likeness (QED) is 0.421. The van der Waals surface area contributed by atoms with Crippen molar-refractivity contribution in [1.82, 2.24) is 19.6 Å². The number of nitrogens with zero attached hydrogens (tertiary/aromatic N) is 4. The summed E-state index contributed by atoms with van der Waals surface area (Å²) in [5.41, 5.74) is -0.0461. The van der Waals surface area contributed by atoms with Crippen molar-refractivity contribution in [1.29, 1.82) is 0 Å². The molecule has 0 aliphatic carbocycles.